The highest BCUT2D eigenvalue weighted by Gasteiger charge is 2.09. The summed E-state index contributed by atoms with van der Waals surface area (Å²) in [5.74, 6) is 0. The molecular formula is C13H27N5. The van der Waals surface area contributed by atoms with E-state index < -0.39 is 0 Å². The lowest BCUT2D eigenvalue weighted by atomic mass is 10.1. The van der Waals surface area contributed by atoms with Crippen LogP contribution in [0.15, 0.2) is 6.20 Å². The van der Waals surface area contributed by atoms with Crippen LogP contribution < -0.4 is 5.73 Å². The summed E-state index contributed by atoms with van der Waals surface area (Å²) >= 11 is 0. The summed E-state index contributed by atoms with van der Waals surface area (Å²) < 4.78 is 1.91. The first-order valence-corrected chi connectivity index (χ1v) is 7.09. The molecule has 0 spiro atoms. The Balaban J connectivity index is 2.35. The van der Waals surface area contributed by atoms with Crippen LogP contribution in [0.3, 0.4) is 0 Å². The Morgan fingerprint density at radius 1 is 1.33 bits per heavy atom. The second-order valence-electron chi connectivity index (χ2n) is 4.68. The zero-order valence-electron chi connectivity index (χ0n) is 12.0. The third-order valence-electron chi connectivity index (χ3n) is 3.29. The van der Waals surface area contributed by atoms with E-state index >= 15 is 0 Å². The number of hydrogen-bond donors (Lipinski definition) is 1. The molecule has 0 aromatic carbocycles. The van der Waals surface area contributed by atoms with Crippen LogP contribution in [-0.4, -0.2) is 39.5 Å². The molecule has 5 heteroatoms. The molecule has 0 aliphatic carbocycles. The maximum atomic E-state index is 6.01. The van der Waals surface area contributed by atoms with E-state index in [9.17, 15) is 0 Å². The normalized spacial score (nSPS) is 13.2. The quantitative estimate of drug-likeness (QED) is 0.729. The molecule has 0 amide bonds. The molecule has 0 saturated heterocycles. The van der Waals surface area contributed by atoms with Crippen LogP contribution >= 0.6 is 0 Å². The van der Waals surface area contributed by atoms with Gasteiger partial charge in [0.1, 0.15) is 0 Å². The molecule has 5 nitrogen and oxygen atoms in total. The highest BCUT2D eigenvalue weighted by atomic mass is 15.4. The van der Waals surface area contributed by atoms with Crippen molar-refractivity contribution < 1.29 is 0 Å². The van der Waals surface area contributed by atoms with Gasteiger partial charge in [-0.1, -0.05) is 32.4 Å². The van der Waals surface area contributed by atoms with Crippen molar-refractivity contribution in [2.45, 2.75) is 52.6 Å². The zero-order chi connectivity index (χ0) is 13.4. The summed E-state index contributed by atoms with van der Waals surface area (Å²) in [5, 5.41) is 8.28. The minimum atomic E-state index is 0.0338. The average molecular weight is 253 g/mol. The second-order valence-corrected chi connectivity index (χ2v) is 4.68. The van der Waals surface area contributed by atoms with E-state index in [1.54, 1.807) is 0 Å². The van der Waals surface area contributed by atoms with Crippen molar-refractivity contribution >= 4 is 0 Å². The van der Waals surface area contributed by atoms with Gasteiger partial charge in [-0.3, -0.25) is 4.68 Å². The van der Waals surface area contributed by atoms with E-state index in [0.717, 1.165) is 51.1 Å². The molecule has 0 aliphatic rings. The Morgan fingerprint density at radius 3 is 2.67 bits per heavy atom. The predicted molar refractivity (Wildman–Crippen MR) is 74.3 cm³/mol. The molecule has 104 valence electrons. The first-order chi connectivity index (χ1) is 8.71. The third kappa shape index (κ3) is 4.74. The van der Waals surface area contributed by atoms with Gasteiger partial charge in [0.05, 0.1) is 17.9 Å². The molecule has 18 heavy (non-hydrogen) atoms. The van der Waals surface area contributed by atoms with Gasteiger partial charge in [-0.05, 0) is 32.5 Å². The minimum absolute atomic E-state index is 0.0338. The lowest BCUT2D eigenvalue weighted by Crippen LogP contribution is -2.24. The molecule has 1 rings (SSSR count). The van der Waals surface area contributed by atoms with E-state index in [-0.39, 0.29) is 6.04 Å². The Kier molecular flexibility index (Phi) is 6.90. The van der Waals surface area contributed by atoms with Gasteiger partial charge in [-0.2, -0.15) is 0 Å². The summed E-state index contributed by atoms with van der Waals surface area (Å²) in [4.78, 5) is 2.42. The minimum Gasteiger partial charge on any atom is -0.323 e. The average Bonchev–Trinajstić information content (AvgIpc) is 2.84. The fourth-order valence-corrected chi connectivity index (χ4v) is 2.05. The Hall–Kier alpha value is -0.940. The van der Waals surface area contributed by atoms with E-state index in [1.165, 1.54) is 0 Å². The molecule has 1 heterocycles. The van der Waals surface area contributed by atoms with Gasteiger partial charge in [0.25, 0.3) is 0 Å². The molecule has 0 aliphatic heterocycles. The molecular weight excluding hydrogens is 226 g/mol. The maximum absolute atomic E-state index is 6.01. The molecule has 0 fully saturated rings. The number of aryl methyl sites for hydroxylation is 1. The fourth-order valence-electron chi connectivity index (χ4n) is 2.05. The van der Waals surface area contributed by atoms with Crippen molar-refractivity contribution in [3.63, 3.8) is 0 Å². The summed E-state index contributed by atoms with van der Waals surface area (Å²) in [6, 6.07) is 0.0338. The number of hydrogen-bond acceptors (Lipinski definition) is 4. The zero-order valence-corrected chi connectivity index (χ0v) is 12.0. The van der Waals surface area contributed by atoms with E-state index in [4.69, 9.17) is 5.73 Å². The highest BCUT2D eigenvalue weighted by molar-refractivity contribution is 4.99. The topological polar surface area (TPSA) is 60.0 Å². The number of aromatic nitrogens is 3. The first-order valence-electron chi connectivity index (χ1n) is 7.09. The van der Waals surface area contributed by atoms with Gasteiger partial charge in [-0.15, -0.1) is 5.10 Å². The maximum Gasteiger partial charge on any atom is 0.0994 e. The Labute approximate surface area is 110 Å². The Morgan fingerprint density at radius 2 is 2.06 bits per heavy atom. The van der Waals surface area contributed by atoms with Gasteiger partial charge in [-0.25, -0.2) is 0 Å². The molecule has 1 aromatic rings. The fraction of sp³-hybridized carbons (Fsp3) is 0.846. The molecule has 1 unspecified atom stereocenters. The van der Waals surface area contributed by atoms with Crippen LogP contribution in [0.1, 0.15) is 51.8 Å². The lowest BCUT2D eigenvalue weighted by molar-refractivity contribution is 0.290. The number of rotatable bonds is 9. The van der Waals surface area contributed by atoms with E-state index in [2.05, 4.69) is 36.0 Å². The van der Waals surface area contributed by atoms with Gasteiger partial charge < -0.3 is 10.6 Å². The van der Waals surface area contributed by atoms with Gasteiger partial charge in [0.2, 0.25) is 0 Å². The van der Waals surface area contributed by atoms with Crippen molar-refractivity contribution in [3.05, 3.63) is 11.9 Å². The molecule has 0 bridgehead atoms. The van der Waals surface area contributed by atoms with Gasteiger partial charge in [0.15, 0.2) is 0 Å². The van der Waals surface area contributed by atoms with Crippen LogP contribution in [0, 0.1) is 0 Å². The van der Waals surface area contributed by atoms with Gasteiger partial charge in [0, 0.05) is 6.54 Å². The molecule has 1 aromatic heterocycles. The third-order valence-corrected chi connectivity index (χ3v) is 3.29. The largest absolute Gasteiger partial charge is 0.323 e. The number of nitrogens with zero attached hydrogens (tertiary/aromatic N) is 4. The molecule has 1 atom stereocenters. The lowest BCUT2D eigenvalue weighted by Gasteiger charge is -2.17. The molecule has 2 N–H and O–H groups in total. The van der Waals surface area contributed by atoms with Crippen molar-refractivity contribution in [1.29, 1.82) is 0 Å². The second kappa shape index (κ2) is 8.21. The van der Waals surface area contributed by atoms with Crippen LogP contribution in [0.25, 0.3) is 0 Å². The van der Waals surface area contributed by atoms with Crippen LogP contribution in [0.2, 0.25) is 0 Å². The van der Waals surface area contributed by atoms with Crippen LogP contribution in [0.5, 0.6) is 0 Å². The van der Waals surface area contributed by atoms with Gasteiger partial charge >= 0.3 is 0 Å². The monoisotopic (exact) mass is 253 g/mol. The Bertz CT molecular complexity index is 319. The smallest absolute Gasteiger partial charge is 0.0994 e. The first kappa shape index (κ1) is 15.1. The molecule has 0 radical (unpaired) electrons. The van der Waals surface area contributed by atoms with E-state index in [1.807, 2.05) is 10.9 Å². The van der Waals surface area contributed by atoms with E-state index in [0.29, 0.717) is 0 Å². The van der Waals surface area contributed by atoms with Crippen molar-refractivity contribution in [2.24, 2.45) is 5.73 Å². The SMILES string of the molecule is CCCC(N)c1cn(CCCN(CC)CC)nn1. The molecule has 0 saturated carbocycles. The summed E-state index contributed by atoms with van der Waals surface area (Å²) in [5.41, 5.74) is 6.93. The standard InChI is InChI=1S/C13H27N5/c1-4-8-12(14)13-11-18(16-15-13)10-7-9-17(5-2)6-3/h11-12H,4-10,14H2,1-3H3. The number of nitrogens with two attached hydrogens (primary N) is 1. The van der Waals surface area contributed by atoms with Crippen LogP contribution in [0.4, 0.5) is 0 Å². The summed E-state index contributed by atoms with van der Waals surface area (Å²) in [6.45, 7) is 10.8. The highest BCUT2D eigenvalue weighted by Crippen LogP contribution is 2.11. The summed E-state index contributed by atoms with van der Waals surface area (Å²) in [6.07, 6.45) is 5.14. The summed E-state index contributed by atoms with van der Waals surface area (Å²) in [7, 11) is 0. The van der Waals surface area contributed by atoms with Crippen molar-refractivity contribution in [3.8, 4) is 0 Å². The van der Waals surface area contributed by atoms with Crippen molar-refractivity contribution in [2.75, 3.05) is 19.6 Å². The predicted octanol–water partition coefficient (Wildman–Crippen LogP) is 1.81. The van der Waals surface area contributed by atoms with Crippen LogP contribution in [-0.2, 0) is 6.54 Å². The van der Waals surface area contributed by atoms with Crippen molar-refractivity contribution in [1.82, 2.24) is 19.9 Å².